The van der Waals surface area contributed by atoms with Crippen LogP contribution >= 0.6 is 11.6 Å². The van der Waals surface area contributed by atoms with E-state index in [1.54, 1.807) is 18.2 Å². The highest BCUT2D eigenvalue weighted by Crippen LogP contribution is 2.15. The Bertz CT molecular complexity index is 894. The first kappa shape index (κ1) is 16.9. The van der Waals surface area contributed by atoms with Crippen LogP contribution in [0.4, 0.5) is 10.2 Å². The van der Waals surface area contributed by atoms with Crippen LogP contribution in [0, 0.1) is 5.82 Å². The van der Waals surface area contributed by atoms with E-state index in [9.17, 15) is 9.18 Å². The number of hydrogen-bond donors (Lipinski definition) is 2. The quantitative estimate of drug-likeness (QED) is 0.733. The standard InChI is InChI=1S/C17H15ClFN5O/c18-14-4-2-1-3-12(14)9-21-17(25)15-16(20)24(23-22-15)10-11-5-7-13(19)8-6-11/h1-8H,9-10,20H2,(H,21,25). The molecule has 0 atom stereocenters. The van der Waals surface area contributed by atoms with Crippen LogP contribution in [0.1, 0.15) is 21.6 Å². The van der Waals surface area contributed by atoms with E-state index in [2.05, 4.69) is 15.6 Å². The van der Waals surface area contributed by atoms with Crippen molar-refractivity contribution < 1.29 is 9.18 Å². The summed E-state index contributed by atoms with van der Waals surface area (Å²) in [6, 6.07) is 13.1. The lowest BCUT2D eigenvalue weighted by Gasteiger charge is -2.06. The zero-order chi connectivity index (χ0) is 17.8. The van der Waals surface area contributed by atoms with Crippen LogP contribution in [0.3, 0.4) is 0 Å². The van der Waals surface area contributed by atoms with Crippen molar-refractivity contribution in [2.24, 2.45) is 0 Å². The van der Waals surface area contributed by atoms with E-state index in [-0.39, 0.29) is 30.4 Å². The van der Waals surface area contributed by atoms with E-state index in [1.165, 1.54) is 16.8 Å². The molecule has 8 heteroatoms. The lowest BCUT2D eigenvalue weighted by atomic mass is 10.2. The number of anilines is 1. The highest BCUT2D eigenvalue weighted by atomic mass is 35.5. The van der Waals surface area contributed by atoms with Gasteiger partial charge in [0.15, 0.2) is 11.5 Å². The molecule has 3 rings (SSSR count). The molecule has 3 N–H and O–H groups in total. The van der Waals surface area contributed by atoms with Gasteiger partial charge in [0.1, 0.15) is 5.82 Å². The van der Waals surface area contributed by atoms with Crippen molar-refractivity contribution in [2.45, 2.75) is 13.1 Å². The highest BCUT2D eigenvalue weighted by Gasteiger charge is 2.17. The number of nitrogens with zero attached hydrogens (tertiary/aromatic N) is 3. The van der Waals surface area contributed by atoms with Gasteiger partial charge in [0.25, 0.3) is 5.91 Å². The number of nitrogen functional groups attached to an aromatic ring is 1. The number of hydrogen-bond acceptors (Lipinski definition) is 4. The first-order chi connectivity index (χ1) is 12.0. The Hall–Kier alpha value is -2.93. The summed E-state index contributed by atoms with van der Waals surface area (Å²) in [7, 11) is 0. The number of carbonyl (C=O) groups excluding carboxylic acids is 1. The van der Waals surface area contributed by atoms with Crippen LogP contribution < -0.4 is 11.1 Å². The molecule has 2 aromatic carbocycles. The Morgan fingerprint density at radius 2 is 1.92 bits per heavy atom. The zero-order valence-electron chi connectivity index (χ0n) is 13.1. The van der Waals surface area contributed by atoms with E-state index >= 15 is 0 Å². The van der Waals surface area contributed by atoms with Gasteiger partial charge in [0, 0.05) is 11.6 Å². The zero-order valence-corrected chi connectivity index (χ0v) is 13.9. The number of benzene rings is 2. The molecule has 1 amide bonds. The third-order valence-corrected chi connectivity index (χ3v) is 4.00. The molecule has 0 fully saturated rings. The van der Waals surface area contributed by atoms with E-state index in [0.717, 1.165) is 11.1 Å². The average Bonchev–Trinajstić information content (AvgIpc) is 2.97. The number of amides is 1. The predicted molar refractivity (Wildman–Crippen MR) is 92.6 cm³/mol. The summed E-state index contributed by atoms with van der Waals surface area (Å²) in [6.45, 7) is 0.541. The SMILES string of the molecule is Nc1c(C(=O)NCc2ccccc2Cl)nnn1Cc1ccc(F)cc1. The molecule has 0 bridgehead atoms. The molecule has 0 aliphatic heterocycles. The Balaban J connectivity index is 1.68. The minimum atomic E-state index is -0.442. The van der Waals surface area contributed by atoms with E-state index in [1.807, 2.05) is 18.2 Å². The molecular weight excluding hydrogens is 345 g/mol. The summed E-state index contributed by atoms with van der Waals surface area (Å²) in [4.78, 5) is 12.3. The number of nitrogens with one attached hydrogen (secondary N) is 1. The third-order valence-electron chi connectivity index (χ3n) is 3.63. The Labute approximate surface area is 148 Å². The first-order valence-corrected chi connectivity index (χ1v) is 7.87. The van der Waals surface area contributed by atoms with Crippen LogP contribution in [-0.4, -0.2) is 20.9 Å². The molecule has 1 aromatic heterocycles. The summed E-state index contributed by atoms with van der Waals surface area (Å²) in [6.07, 6.45) is 0. The van der Waals surface area contributed by atoms with Gasteiger partial charge in [-0.05, 0) is 29.3 Å². The smallest absolute Gasteiger partial charge is 0.275 e. The lowest BCUT2D eigenvalue weighted by Crippen LogP contribution is -2.24. The van der Waals surface area contributed by atoms with Gasteiger partial charge in [-0.15, -0.1) is 5.10 Å². The van der Waals surface area contributed by atoms with Crippen LogP contribution in [0.15, 0.2) is 48.5 Å². The summed E-state index contributed by atoms with van der Waals surface area (Å²) < 4.78 is 14.3. The Morgan fingerprint density at radius 3 is 2.64 bits per heavy atom. The molecule has 0 radical (unpaired) electrons. The molecule has 0 saturated carbocycles. The number of carbonyl (C=O) groups is 1. The summed E-state index contributed by atoms with van der Waals surface area (Å²) in [5.41, 5.74) is 7.57. The topological polar surface area (TPSA) is 85.8 Å². The molecule has 0 unspecified atom stereocenters. The fourth-order valence-corrected chi connectivity index (χ4v) is 2.47. The first-order valence-electron chi connectivity index (χ1n) is 7.49. The van der Waals surface area contributed by atoms with Gasteiger partial charge in [0.2, 0.25) is 0 Å². The predicted octanol–water partition coefficient (Wildman–Crippen LogP) is 2.63. The second kappa shape index (κ2) is 7.31. The molecular formula is C17H15ClFN5O. The van der Waals surface area contributed by atoms with Crippen molar-refractivity contribution in [1.29, 1.82) is 0 Å². The average molecular weight is 360 g/mol. The minimum Gasteiger partial charge on any atom is -0.382 e. The molecule has 25 heavy (non-hydrogen) atoms. The van der Waals surface area contributed by atoms with Crippen molar-refractivity contribution in [3.63, 3.8) is 0 Å². The van der Waals surface area contributed by atoms with Gasteiger partial charge in [-0.3, -0.25) is 4.79 Å². The molecule has 6 nitrogen and oxygen atoms in total. The molecule has 0 aliphatic carbocycles. The third kappa shape index (κ3) is 3.95. The number of nitrogens with two attached hydrogens (primary N) is 1. The van der Waals surface area contributed by atoms with Gasteiger partial charge in [-0.1, -0.05) is 47.1 Å². The molecule has 0 aliphatic rings. The number of rotatable bonds is 5. The monoisotopic (exact) mass is 359 g/mol. The number of aromatic nitrogens is 3. The Morgan fingerprint density at radius 1 is 1.20 bits per heavy atom. The summed E-state index contributed by atoms with van der Waals surface area (Å²) in [5, 5.41) is 11.0. The second-order valence-corrected chi connectivity index (χ2v) is 5.79. The van der Waals surface area contributed by atoms with Crippen molar-refractivity contribution in [1.82, 2.24) is 20.3 Å². The fraction of sp³-hybridized carbons (Fsp3) is 0.118. The van der Waals surface area contributed by atoms with Crippen molar-refractivity contribution in [2.75, 3.05) is 5.73 Å². The van der Waals surface area contributed by atoms with E-state index in [4.69, 9.17) is 17.3 Å². The lowest BCUT2D eigenvalue weighted by molar-refractivity contribution is 0.0947. The van der Waals surface area contributed by atoms with Gasteiger partial charge in [-0.25, -0.2) is 9.07 Å². The molecule has 3 aromatic rings. The van der Waals surface area contributed by atoms with Crippen LogP contribution in [0.2, 0.25) is 5.02 Å². The Kier molecular flexibility index (Phi) is 4.95. The maximum absolute atomic E-state index is 12.9. The van der Waals surface area contributed by atoms with Crippen molar-refractivity contribution in [3.8, 4) is 0 Å². The molecule has 0 saturated heterocycles. The minimum absolute atomic E-state index is 0.0363. The van der Waals surface area contributed by atoms with Gasteiger partial charge in [-0.2, -0.15) is 0 Å². The molecule has 0 spiro atoms. The second-order valence-electron chi connectivity index (χ2n) is 5.38. The van der Waals surface area contributed by atoms with Crippen molar-refractivity contribution in [3.05, 3.63) is 76.2 Å². The molecule has 1 heterocycles. The van der Waals surface area contributed by atoms with Gasteiger partial charge in [0.05, 0.1) is 6.54 Å². The number of halogens is 2. The van der Waals surface area contributed by atoms with E-state index in [0.29, 0.717) is 5.02 Å². The maximum Gasteiger partial charge on any atom is 0.275 e. The van der Waals surface area contributed by atoms with Crippen LogP contribution in [0.5, 0.6) is 0 Å². The molecule has 128 valence electrons. The van der Waals surface area contributed by atoms with Gasteiger partial charge >= 0.3 is 0 Å². The van der Waals surface area contributed by atoms with Gasteiger partial charge < -0.3 is 11.1 Å². The summed E-state index contributed by atoms with van der Waals surface area (Å²) >= 11 is 6.06. The normalized spacial score (nSPS) is 10.6. The summed E-state index contributed by atoms with van der Waals surface area (Å²) in [5.74, 6) is -0.626. The van der Waals surface area contributed by atoms with E-state index < -0.39 is 5.91 Å². The van der Waals surface area contributed by atoms with Crippen LogP contribution in [-0.2, 0) is 13.1 Å². The van der Waals surface area contributed by atoms with Crippen molar-refractivity contribution >= 4 is 23.3 Å². The largest absolute Gasteiger partial charge is 0.382 e. The fourth-order valence-electron chi connectivity index (χ4n) is 2.26. The van der Waals surface area contributed by atoms with Crippen LogP contribution in [0.25, 0.3) is 0 Å². The highest BCUT2D eigenvalue weighted by molar-refractivity contribution is 6.31. The maximum atomic E-state index is 12.9.